The Morgan fingerprint density at radius 1 is 1.34 bits per heavy atom. The molecule has 208 valence electrons. The second-order valence-corrected chi connectivity index (χ2v) is 12.1. The van der Waals surface area contributed by atoms with Crippen molar-refractivity contribution in [3.05, 3.63) is 28.5 Å². The Balaban J connectivity index is 0.000000311. The molecular weight excluding hydrogens is 514 g/mol. The number of fused-ring (bicyclic) bond motifs is 1. The summed E-state index contributed by atoms with van der Waals surface area (Å²) < 4.78 is 27.6. The van der Waals surface area contributed by atoms with Crippen molar-refractivity contribution in [3.63, 3.8) is 0 Å². The van der Waals surface area contributed by atoms with Gasteiger partial charge in [-0.2, -0.15) is 0 Å². The Hall–Kier alpha value is -2.70. The Bertz CT molecular complexity index is 1160. The summed E-state index contributed by atoms with van der Waals surface area (Å²) >= 11 is 1.04. The average Bonchev–Trinajstić information content (AvgIpc) is 3.34. The van der Waals surface area contributed by atoms with Crippen LogP contribution in [0.3, 0.4) is 0 Å². The van der Waals surface area contributed by atoms with Gasteiger partial charge in [0.2, 0.25) is 6.41 Å². The number of amides is 2. The van der Waals surface area contributed by atoms with E-state index >= 15 is 0 Å². The van der Waals surface area contributed by atoms with E-state index in [-0.39, 0.29) is 28.2 Å². The third-order valence-corrected chi connectivity index (χ3v) is 8.42. The monoisotopic (exact) mass is 550 g/mol. The minimum Gasteiger partial charge on any atom is -0.389 e. The van der Waals surface area contributed by atoms with Crippen molar-refractivity contribution in [2.45, 2.75) is 83.4 Å². The highest BCUT2D eigenvalue weighted by atomic mass is 32.1. The summed E-state index contributed by atoms with van der Waals surface area (Å²) in [7, 11) is 0. The first kappa shape index (κ1) is 28.3. The lowest BCUT2D eigenvalue weighted by molar-refractivity contribution is -0.138. The molecule has 0 radical (unpaired) electrons. The van der Waals surface area contributed by atoms with Gasteiger partial charge in [0.05, 0.1) is 16.2 Å². The molecule has 4 heterocycles. The van der Waals surface area contributed by atoms with Crippen LogP contribution in [0, 0.1) is 6.92 Å². The van der Waals surface area contributed by atoms with E-state index in [9.17, 15) is 23.5 Å². The molecule has 0 spiro atoms. The molecule has 5 rings (SSSR count). The molecule has 2 aliphatic heterocycles. The molecule has 2 amide bonds. The van der Waals surface area contributed by atoms with Crippen molar-refractivity contribution >= 4 is 29.5 Å². The summed E-state index contributed by atoms with van der Waals surface area (Å²) in [6.07, 6.45) is 5.21. The van der Waals surface area contributed by atoms with Gasteiger partial charge in [-0.05, 0) is 65.9 Å². The highest BCUT2D eigenvalue weighted by molar-refractivity contribution is 7.17. The molecule has 1 atom stereocenters. The maximum atomic E-state index is 13.8. The van der Waals surface area contributed by atoms with E-state index in [0.29, 0.717) is 22.4 Å². The van der Waals surface area contributed by atoms with Gasteiger partial charge < -0.3 is 15.7 Å². The molecule has 1 saturated carbocycles. The molecule has 2 saturated heterocycles. The predicted octanol–water partition coefficient (Wildman–Crippen LogP) is 4.14. The lowest BCUT2D eigenvalue weighted by Gasteiger charge is -2.39. The number of aryl methyl sites for hydroxylation is 1. The number of nitrogens with zero attached hydrogens (tertiary/aromatic N) is 4. The van der Waals surface area contributed by atoms with E-state index < -0.39 is 17.9 Å². The molecule has 2 aromatic rings. The topological polar surface area (TPSA) is 111 Å². The van der Waals surface area contributed by atoms with Gasteiger partial charge in [-0.15, -0.1) is 11.3 Å². The molecule has 3 aliphatic rings. The number of hydrazine groups is 1. The van der Waals surface area contributed by atoms with Gasteiger partial charge in [0.25, 0.3) is 12.3 Å². The molecule has 38 heavy (non-hydrogen) atoms. The maximum absolute atomic E-state index is 13.8. The van der Waals surface area contributed by atoms with Crippen LogP contribution in [0.2, 0.25) is 0 Å². The number of aromatic nitrogens is 2. The zero-order chi connectivity index (χ0) is 27.7. The van der Waals surface area contributed by atoms with Crippen LogP contribution >= 0.6 is 11.3 Å². The fraction of sp³-hybridized carbons (Fsp3) is 0.615. The molecule has 2 aromatic heterocycles. The number of thiazole rings is 1. The van der Waals surface area contributed by atoms with Gasteiger partial charge in [-0.1, -0.05) is 0 Å². The summed E-state index contributed by atoms with van der Waals surface area (Å²) in [6, 6.07) is 2.09. The molecule has 1 aliphatic carbocycles. The fourth-order valence-corrected chi connectivity index (χ4v) is 5.76. The van der Waals surface area contributed by atoms with Gasteiger partial charge in [0.15, 0.2) is 5.01 Å². The highest BCUT2D eigenvalue weighted by Gasteiger charge is 2.37. The number of anilines is 1. The molecule has 3 N–H and O–H groups in total. The van der Waals surface area contributed by atoms with Gasteiger partial charge in [-0.25, -0.2) is 23.8 Å². The number of hydrogen-bond acceptors (Lipinski definition) is 8. The standard InChI is InChI=1S/C20H26F2N4O2S.C6H10N2O/c1-11-15(29-18(25-11)17(27)24-10-19(2,3)28)13-9-23-14(8-12(13)16(21)22)26-20(4)6-5-7-20;9-5-7-3-1-6-2-4-8(6)7/h8-9,16,28H,5-7,10H2,1-4H3,(H,23,26)(H,24,27);5-6H,1-4H2. The number of nitrogens with one attached hydrogen (secondary N) is 2. The SMILES string of the molecule is Cc1nc(C(=O)NCC(C)(C)O)sc1-c1cnc(NC2(C)CCC2)cc1C(F)F.O=CN1CCC2CCN21. The lowest BCUT2D eigenvalue weighted by atomic mass is 9.78. The van der Waals surface area contributed by atoms with E-state index in [4.69, 9.17) is 0 Å². The third kappa shape index (κ3) is 6.47. The summed E-state index contributed by atoms with van der Waals surface area (Å²) in [5.41, 5.74) is -0.530. The van der Waals surface area contributed by atoms with E-state index in [1.165, 1.54) is 25.1 Å². The van der Waals surface area contributed by atoms with Crippen molar-refractivity contribution in [1.82, 2.24) is 25.3 Å². The Kier molecular flexibility index (Phi) is 8.34. The summed E-state index contributed by atoms with van der Waals surface area (Å²) in [5.74, 6) is -0.0224. The quantitative estimate of drug-likeness (QED) is 0.424. The number of rotatable bonds is 8. The number of alkyl halides is 2. The summed E-state index contributed by atoms with van der Waals surface area (Å²) in [5, 5.41) is 19.7. The van der Waals surface area contributed by atoms with Crippen molar-refractivity contribution in [2.75, 3.05) is 25.0 Å². The number of carbonyl (C=O) groups is 2. The van der Waals surface area contributed by atoms with Crippen LogP contribution in [0.25, 0.3) is 10.4 Å². The molecule has 0 bridgehead atoms. The molecule has 12 heteroatoms. The first-order valence-corrected chi connectivity index (χ1v) is 13.7. The fourth-order valence-electron chi connectivity index (χ4n) is 4.75. The number of aliphatic hydroxyl groups is 1. The number of hydrogen-bond donors (Lipinski definition) is 3. The van der Waals surface area contributed by atoms with Gasteiger partial charge in [-0.3, -0.25) is 14.6 Å². The van der Waals surface area contributed by atoms with Gasteiger partial charge in [0.1, 0.15) is 5.82 Å². The minimum atomic E-state index is -2.68. The lowest BCUT2D eigenvalue weighted by Crippen LogP contribution is -2.49. The molecular formula is C26H36F2N6O3S. The minimum absolute atomic E-state index is 0.0583. The first-order valence-electron chi connectivity index (χ1n) is 12.9. The predicted molar refractivity (Wildman–Crippen MR) is 142 cm³/mol. The van der Waals surface area contributed by atoms with Crippen LogP contribution < -0.4 is 10.6 Å². The van der Waals surface area contributed by atoms with E-state index in [0.717, 1.165) is 50.1 Å². The van der Waals surface area contributed by atoms with Crippen LogP contribution in [0.15, 0.2) is 12.3 Å². The van der Waals surface area contributed by atoms with Crippen LogP contribution in [0.4, 0.5) is 14.6 Å². The van der Waals surface area contributed by atoms with E-state index in [2.05, 4.69) is 32.5 Å². The number of halogens is 2. The average molecular weight is 551 g/mol. The van der Waals surface area contributed by atoms with Crippen molar-refractivity contribution in [1.29, 1.82) is 0 Å². The first-order chi connectivity index (χ1) is 17.9. The van der Waals surface area contributed by atoms with Crippen LogP contribution in [0.5, 0.6) is 0 Å². The van der Waals surface area contributed by atoms with Crippen LogP contribution in [-0.4, -0.2) is 74.2 Å². The zero-order valence-electron chi connectivity index (χ0n) is 22.3. The maximum Gasteiger partial charge on any atom is 0.280 e. The molecule has 3 fully saturated rings. The zero-order valence-corrected chi connectivity index (χ0v) is 23.1. The molecule has 9 nitrogen and oxygen atoms in total. The van der Waals surface area contributed by atoms with Crippen LogP contribution in [-0.2, 0) is 4.79 Å². The summed E-state index contributed by atoms with van der Waals surface area (Å²) in [4.78, 5) is 31.6. The van der Waals surface area contributed by atoms with Gasteiger partial charge >= 0.3 is 0 Å². The molecule has 1 unspecified atom stereocenters. The second-order valence-electron chi connectivity index (χ2n) is 11.1. The highest BCUT2D eigenvalue weighted by Crippen LogP contribution is 2.39. The number of pyridine rings is 1. The Morgan fingerprint density at radius 2 is 2.05 bits per heavy atom. The van der Waals surface area contributed by atoms with Crippen LogP contribution in [0.1, 0.15) is 80.4 Å². The normalized spacial score (nSPS) is 20.1. The molecule has 0 aromatic carbocycles. The van der Waals surface area contributed by atoms with Crippen molar-refractivity contribution in [2.24, 2.45) is 0 Å². The largest absolute Gasteiger partial charge is 0.389 e. The van der Waals surface area contributed by atoms with Gasteiger partial charge in [0, 0.05) is 48.5 Å². The Morgan fingerprint density at radius 3 is 2.55 bits per heavy atom. The van der Waals surface area contributed by atoms with Crippen molar-refractivity contribution < 1.29 is 23.5 Å². The second kappa shape index (κ2) is 11.2. The third-order valence-electron chi connectivity index (χ3n) is 7.23. The van der Waals surface area contributed by atoms with E-state index in [1.807, 2.05) is 0 Å². The number of carbonyl (C=O) groups excluding carboxylic acids is 2. The van der Waals surface area contributed by atoms with E-state index in [1.54, 1.807) is 25.8 Å². The summed E-state index contributed by atoms with van der Waals surface area (Å²) in [6.45, 7) is 8.97. The smallest absolute Gasteiger partial charge is 0.280 e. The Labute approximate surface area is 225 Å². The van der Waals surface area contributed by atoms with Crippen molar-refractivity contribution in [3.8, 4) is 10.4 Å².